The van der Waals surface area contributed by atoms with Crippen LogP contribution in [0, 0.1) is 6.92 Å². The molecule has 0 radical (unpaired) electrons. The molecule has 1 aromatic carbocycles. The van der Waals surface area contributed by atoms with Gasteiger partial charge in [-0.1, -0.05) is 28.1 Å². The molecule has 0 bridgehead atoms. The fourth-order valence-electron chi connectivity index (χ4n) is 1.88. The molecule has 1 atom stereocenters. The smallest absolute Gasteiger partial charge is 0.130 e. The lowest BCUT2D eigenvalue weighted by molar-refractivity contribution is 0.656. The summed E-state index contributed by atoms with van der Waals surface area (Å²) >= 11 is 3.49. The first kappa shape index (κ1) is 12.3. The van der Waals surface area contributed by atoms with Gasteiger partial charge in [-0.25, -0.2) is 4.98 Å². The van der Waals surface area contributed by atoms with Gasteiger partial charge >= 0.3 is 0 Å². The predicted octanol–water partition coefficient (Wildman–Crippen LogP) is 3.02. The summed E-state index contributed by atoms with van der Waals surface area (Å²) in [6.07, 6.45) is 3.76. The maximum atomic E-state index is 6.26. The lowest BCUT2D eigenvalue weighted by atomic mass is 10.0. The Balaban J connectivity index is 2.36. The van der Waals surface area contributed by atoms with E-state index in [9.17, 15) is 0 Å². The quantitative estimate of drug-likeness (QED) is 0.945. The van der Waals surface area contributed by atoms with Crippen molar-refractivity contribution in [3.05, 3.63) is 52.0 Å². The van der Waals surface area contributed by atoms with Crippen LogP contribution in [0.1, 0.15) is 29.9 Å². The minimum Gasteiger partial charge on any atom is -0.334 e. The normalized spacial score (nSPS) is 12.7. The van der Waals surface area contributed by atoms with Crippen LogP contribution in [0.15, 0.2) is 35.1 Å². The van der Waals surface area contributed by atoms with Crippen LogP contribution >= 0.6 is 15.9 Å². The van der Waals surface area contributed by atoms with Crippen molar-refractivity contribution in [1.29, 1.82) is 0 Å². The first-order valence-corrected chi connectivity index (χ1v) is 6.45. The molecule has 1 heterocycles. The lowest BCUT2D eigenvalue weighted by Crippen LogP contribution is -2.17. The molecule has 0 aliphatic carbocycles. The molecule has 3 nitrogen and oxygen atoms in total. The maximum Gasteiger partial charge on any atom is 0.130 e. The zero-order chi connectivity index (χ0) is 12.4. The molecule has 2 aromatic rings. The second-order valence-electron chi connectivity index (χ2n) is 4.06. The number of imidazole rings is 1. The van der Waals surface area contributed by atoms with Crippen LogP contribution in [0.25, 0.3) is 0 Å². The van der Waals surface area contributed by atoms with Crippen LogP contribution in [-0.4, -0.2) is 9.55 Å². The molecular weight excluding hydrogens is 278 g/mol. The Hall–Kier alpha value is -1.13. The van der Waals surface area contributed by atoms with E-state index in [0.29, 0.717) is 0 Å². The maximum absolute atomic E-state index is 6.26. The van der Waals surface area contributed by atoms with Gasteiger partial charge in [-0.2, -0.15) is 0 Å². The largest absolute Gasteiger partial charge is 0.334 e. The molecular formula is C13H16BrN3. The number of halogens is 1. The summed E-state index contributed by atoms with van der Waals surface area (Å²) in [7, 11) is 0. The van der Waals surface area contributed by atoms with E-state index in [0.717, 1.165) is 22.4 Å². The fourth-order valence-corrected chi connectivity index (χ4v) is 2.12. The first-order valence-electron chi connectivity index (χ1n) is 5.66. The van der Waals surface area contributed by atoms with Gasteiger partial charge in [-0.15, -0.1) is 0 Å². The highest BCUT2D eigenvalue weighted by atomic mass is 79.9. The van der Waals surface area contributed by atoms with E-state index in [-0.39, 0.29) is 6.04 Å². The molecule has 0 fully saturated rings. The van der Waals surface area contributed by atoms with Crippen LogP contribution < -0.4 is 5.73 Å². The standard InChI is InChI=1S/C13H16BrN3/c1-3-17-7-6-16-13(17)12(15)10-4-5-11(14)9(2)8-10/h4-8,12H,3,15H2,1-2H3. The number of hydrogen-bond acceptors (Lipinski definition) is 2. The molecule has 0 saturated carbocycles. The van der Waals surface area contributed by atoms with E-state index >= 15 is 0 Å². The van der Waals surface area contributed by atoms with Crippen LogP contribution in [0.2, 0.25) is 0 Å². The van der Waals surface area contributed by atoms with Gasteiger partial charge < -0.3 is 10.3 Å². The minimum atomic E-state index is -0.170. The SMILES string of the molecule is CCn1ccnc1C(N)c1ccc(Br)c(C)c1. The molecule has 2 N–H and O–H groups in total. The second-order valence-corrected chi connectivity index (χ2v) is 4.91. The summed E-state index contributed by atoms with van der Waals surface area (Å²) in [6, 6.07) is 6.00. The topological polar surface area (TPSA) is 43.8 Å². The molecule has 0 aliphatic heterocycles. The van der Waals surface area contributed by atoms with Gasteiger partial charge in [0.1, 0.15) is 5.82 Å². The Morgan fingerprint density at radius 3 is 2.88 bits per heavy atom. The van der Waals surface area contributed by atoms with Crippen molar-refractivity contribution < 1.29 is 0 Å². The highest BCUT2D eigenvalue weighted by molar-refractivity contribution is 9.10. The predicted molar refractivity (Wildman–Crippen MR) is 72.8 cm³/mol. The Labute approximate surface area is 110 Å². The van der Waals surface area contributed by atoms with E-state index < -0.39 is 0 Å². The number of nitrogens with zero attached hydrogens (tertiary/aromatic N) is 2. The van der Waals surface area contributed by atoms with Gasteiger partial charge in [0.15, 0.2) is 0 Å². The van der Waals surface area contributed by atoms with Gasteiger partial charge in [0.25, 0.3) is 0 Å². The van der Waals surface area contributed by atoms with E-state index in [2.05, 4.69) is 45.4 Å². The third-order valence-electron chi connectivity index (χ3n) is 2.91. The Morgan fingerprint density at radius 1 is 1.47 bits per heavy atom. The van der Waals surface area contributed by atoms with Gasteiger partial charge in [-0.05, 0) is 31.0 Å². The molecule has 4 heteroatoms. The average Bonchev–Trinajstić information content (AvgIpc) is 2.80. The summed E-state index contributed by atoms with van der Waals surface area (Å²) < 4.78 is 3.18. The van der Waals surface area contributed by atoms with Gasteiger partial charge in [0, 0.05) is 23.4 Å². The second kappa shape index (κ2) is 5.02. The van der Waals surface area contributed by atoms with Crippen LogP contribution in [0.4, 0.5) is 0 Å². The van der Waals surface area contributed by atoms with Crippen molar-refractivity contribution in [3.8, 4) is 0 Å². The summed E-state index contributed by atoms with van der Waals surface area (Å²) in [5, 5.41) is 0. The lowest BCUT2D eigenvalue weighted by Gasteiger charge is -2.14. The molecule has 0 amide bonds. The average molecular weight is 294 g/mol. The molecule has 0 aliphatic rings. The van der Waals surface area contributed by atoms with Crippen LogP contribution in [0.3, 0.4) is 0 Å². The highest BCUT2D eigenvalue weighted by Crippen LogP contribution is 2.23. The van der Waals surface area contributed by atoms with Crippen LogP contribution in [-0.2, 0) is 6.54 Å². The molecule has 17 heavy (non-hydrogen) atoms. The van der Waals surface area contributed by atoms with Crippen molar-refractivity contribution >= 4 is 15.9 Å². The number of rotatable bonds is 3. The third kappa shape index (κ3) is 2.42. The summed E-state index contributed by atoms with van der Waals surface area (Å²) in [6.45, 7) is 5.04. The zero-order valence-corrected chi connectivity index (χ0v) is 11.6. The Kier molecular flexibility index (Phi) is 3.64. The van der Waals surface area contributed by atoms with Crippen LogP contribution in [0.5, 0.6) is 0 Å². The fraction of sp³-hybridized carbons (Fsp3) is 0.308. The molecule has 0 spiro atoms. The van der Waals surface area contributed by atoms with Gasteiger partial charge in [-0.3, -0.25) is 0 Å². The highest BCUT2D eigenvalue weighted by Gasteiger charge is 2.14. The molecule has 2 rings (SSSR count). The Bertz CT molecular complexity index is 519. The summed E-state index contributed by atoms with van der Waals surface area (Å²) in [5.74, 6) is 0.911. The van der Waals surface area contributed by atoms with E-state index in [4.69, 9.17) is 5.73 Å². The molecule has 0 saturated heterocycles. The van der Waals surface area contributed by atoms with Crippen molar-refractivity contribution in [2.24, 2.45) is 5.73 Å². The van der Waals surface area contributed by atoms with Crippen molar-refractivity contribution in [1.82, 2.24) is 9.55 Å². The number of benzene rings is 1. The minimum absolute atomic E-state index is 0.170. The number of hydrogen-bond donors (Lipinski definition) is 1. The van der Waals surface area contributed by atoms with Gasteiger partial charge in [0.05, 0.1) is 6.04 Å². The monoisotopic (exact) mass is 293 g/mol. The number of nitrogens with two attached hydrogens (primary N) is 1. The van der Waals surface area contributed by atoms with E-state index in [1.54, 1.807) is 6.20 Å². The van der Waals surface area contributed by atoms with Gasteiger partial charge in [0.2, 0.25) is 0 Å². The first-order chi connectivity index (χ1) is 8.13. The van der Waals surface area contributed by atoms with Crippen molar-refractivity contribution in [3.63, 3.8) is 0 Å². The molecule has 1 aromatic heterocycles. The van der Waals surface area contributed by atoms with E-state index in [1.165, 1.54) is 5.56 Å². The summed E-state index contributed by atoms with van der Waals surface area (Å²) in [4.78, 5) is 4.34. The van der Waals surface area contributed by atoms with Crippen molar-refractivity contribution in [2.75, 3.05) is 0 Å². The van der Waals surface area contributed by atoms with Crippen molar-refractivity contribution in [2.45, 2.75) is 26.4 Å². The third-order valence-corrected chi connectivity index (χ3v) is 3.80. The molecule has 1 unspecified atom stereocenters. The van der Waals surface area contributed by atoms with E-state index in [1.807, 2.05) is 18.3 Å². The molecule has 90 valence electrons. The number of aryl methyl sites for hydroxylation is 2. The zero-order valence-electron chi connectivity index (χ0n) is 10.0. The number of aromatic nitrogens is 2. The Morgan fingerprint density at radius 2 is 2.24 bits per heavy atom. The summed E-state index contributed by atoms with van der Waals surface area (Å²) in [5.41, 5.74) is 8.53.